The largest absolute Gasteiger partial charge is 0.505 e. The molecule has 1 rings (SSSR count). The molecular weight excluding hydrogens is 235 g/mol. The molecule has 0 saturated carbocycles. The molecule has 0 spiro atoms. The second-order valence-electron chi connectivity index (χ2n) is 5.40. The summed E-state index contributed by atoms with van der Waals surface area (Å²) in [4.78, 5) is 11.6. The van der Waals surface area contributed by atoms with E-state index >= 15 is 0 Å². The number of carbonyl (C=O) groups excluding carboxylic acids is 1. The molecule has 0 radical (unpaired) electrons. The minimum atomic E-state index is -0.664. The first-order valence-corrected chi connectivity index (χ1v) is 5.89. The second kappa shape index (κ2) is 5.38. The molecule has 0 aliphatic rings. The Labute approximate surface area is 107 Å². The molecule has 0 aromatic heterocycles. The molecule has 3 nitrogen and oxygen atoms in total. The highest BCUT2D eigenvalue weighted by Gasteiger charge is 2.19. The van der Waals surface area contributed by atoms with E-state index in [9.17, 15) is 14.3 Å². The summed E-state index contributed by atoms with van der Waals surface area (Å²) in [6.45, 7) is 7.24. The third-order valence-corrected chi connectivity index (χ3v) is 2.43. The van der Waals surface area contributed by atoms with Crippen LogP contribution in [0.5, 0.6) is 5.75 Å². The lowest BCUT2D eigenvalue weighted by Crippen LogP contribution is -2.24. The number of carbonyl (C=O) groups is 1. The first-order valence-electron chi connectivity index (χ1n) is 5.89. The van der Waals surface area contributed by atoms with Gasteiger partial charge in [0.2, 0.25) is 0 Å². The van der Waals surface area contributed by atoms with Gasteiger partial charge in [0.05, 0.1) is 6.42 Å². The van der Waals surface area contributed by atoms with Crippen molar-refractivity contribution in [2.75, 3.05) is 0 Å². The van der Waals surface area contributed by atoms with Crippen molar-refractivity contribution in [3.63, 3.8) is 0 Å². The fourth-order valence-electron chi connectivity index (χ4n) is 1.59. The van der Waals surface area contributed by atoms with Crippen molar-refractivity contribution in [3.8, 4) is 5.75 Å². The van der Waals surface area contributed by atoms with E-state index in [1.165, 1.54) is 12.1 Å². The van der Waals surface area contributed by atoms with Crippen LogP contribution in [-0.4, -0.2) is 16.7 Å². The molecule has 1 atom stereocenters. The minimum absolute atomic E-state index is 0.133. The van der Waals surface area contributed by atoms with E-state index in [1.807, 2.05) is 6.92 Å². The first kappa shape index (κ1) is 14.5. The molecule has 18 heavy (non-hydrogen) atoms. The molecule has 0 fully saturated rings. The van der Waals surface area contributed by atoms with Gasteiger partial charge in [-0.3, -0.25) is 4.79 Å². The number of rotatable bonds is 3. The van der Waals surface area contributed by atoms with Gasteiger partial charge in [0.15, 0.2) is 11.6 Å². The van der Waals surface area contributed by atoms with Gasteiger partial charge in [0.1, 0.15) is 5.60 Å². The van der Waals surface area contributed by atoms with Crippen molar-refractivity contribution in [2.45, 2.75) is 45.6 Å². The average molecular weight is 254 g/mol. The molecule has 0 aliphatic heterocycles. The summed E-state index contributed by atoms with van der Waals surface area (Å²) in [5.74, 6) is -1.50. The molecule has 1 aromatic carbocycles. The van der Waals surface area contributed by atoms with Gasteiger partial charge in [-0.2, -0.15) is 0 Å². The van der Waals surface area contributed by atoms with Crippen LogP contribution in [-0.2, 0) is 9.53 Å². The number of phenolic OH excluding ortho intramolecular Hbond substituents is 1. The third-order valence-electron chi connectivity index (χ3n) is 2.43. The molecule has 0 heterocycles. The number of phenols is 1. The summed E-state index contributed by atoms with van der Waals surface area (Å²) in [5, 5.41) is 9.28. The number of esters is 1. The molecule has 4 heteroatoms. The van der Waals surface area contributed by atoms with Gasteiger partial charge >= 0.3 is 5.97 Å². The predicted octanol–water partition coefficient (Wildman–Crippen LogP) is 3.37. The summed E-state index contributed by atoms with van der Waals surface area (Å²) < 4.78 is 18.1. The van der Waals surface area contributed by atoms with Crippen LogP contribution in [0.2, 0.25) is 0 Å². The molecule has 1 aromatic rings. The molecule has 0 bridgehead atoms. The van der Waals surface area contributed by atoms with E-state index in [2.05, 4.69) is 0 Å². The van der Waals surface area contributed by atoms with Crippen LogP contribution in [0.1, 0.15) is 45.6 Å². The topological polar surface area (TPSA) is 46.5 Å². The maximum Gasteiger partial charge on any atom is 0.306 e. The van der Waals surface area contributed by atoms with Crippen LogP contribution < -0.4 is 0 Å². The van der Waals surface area contributed by atoms with E-state index in [0.29, 0.717) is 5.56 Å². The zero-order valence-electron chi connectivity index (χ0n) is 11.2. The quantitative estimate of drug-likeness (QED) is 0.841. The Morgan fingerprint density at radius 1 is 1.44 bits per heavy atom. The maximum absolute atomic E-state index is 12.9. The van der Waals surface area contributed by atoms with E-state index in [0.717, 1.165) is 0 Å². The molecule has 1 N–H and O–H groups in total. The highest BCUT2D eigenvalue weighted by atomic mass is 19.1. The minimum Gasteiger partial charge on any atom is -0.505 e. The standard InChI is InChI=1S/C14H19FO3/c1-9(7-13(17)18-14(2,3)4)10-5-6-11(15)12(16)8-10/h5-6,8-9,16H,7H2,1-4H3/t9-/m0/s1. The number of aromatic hydroxyl groups is 1. The lowest BCUT2D eigenvalue weighted by Gasteiger charge is -2.21. The van der Waals surface area contributed by atoms with Gasteiger partial charge in [-0.15, -0.1) is 0 Å². The van der Waals surface area contributed by atoms with Crippen molar-refractivity contribution in [3.05, 3.63) is 29.6 Å². The zero-order valence-corrected chi connectivity index (χ0v) is 11.2. The molecule has 0 saturated heterocycles. The first-order chi connectivity index (χ1) is 8.19. The molecule has 0 amide bonds. The van der Waals surface area contributed by atoms with Crippen LogP contribution in [0.3, 0.4) is 0 Å². The second-order valence-corrected chi connectivity index (χ2v) is 5.40. The van der Waals surface area contributed by atoms with Crippen molar-refractivity contribution in [2.24, 2.45) is 0 Å². The van der Waals surface area contributed by atoms with Gasteiger partial charge in [0, 0.05) is 0 Å². The summed E-state index contributed by atoms with van der Waals surface area (Å²) in [6, 6.07) is 4.09. The third kappa shape index (κ3) is 4.35. The van der Waals surface area contributed by atoms with Crippen LogP contribution >= 0.6 is 0 Å². The normalized spacial score (nSPS) is 13.2. The van der Waals surface area contributed by atoms with Gasteiger partial charge in [-0.05, 0) is 44.4 Å². The molecule has 0 unspecified atom stereocenters. The Balaban J connectivity index is 2.68. The Morgan fingerprint density at radius 3 is 2.56 bits per heavy atom. The average Bonchev–Trinajstić information content (AvgIpc) is 2.18. The Bertz CT molecular complexity index is 435. The van der Waals surface area contributed by atoms with E-state index in [1.54, 1.807) is 26.8 Å². The zero-order chi connectivity index (χ0) is 13.9. The smallest absolute Gasteiger partial charge is 0.306 e. The fraction of sp³-hybridized carbons (Fsp3) is 0.500. The number of ether oxygens (including phenoxy) is 1. The Kier molecular flexibility index (Phi) is 4.33. The van der Waals surface area contributed by atoms with Gasteiger partial charge in [0.25, 0.3) is 0 Å². The number of benzene rings is 1. The summed E-state index contributed by atoms with van der Waals surface area (Å²) in [7, 11) is 0. The van der Waals surface area contributed by atoms with Gasteiger partial charge in [-0.1, -0.05) is 13.0 Å². The number of hydrogen-bond acceptors (Lipinski definition) is 3. The number of halogens is 1. The summed E-state index contributed by atoms with van der Waals surface area (Å²) in [5.41, 5.74) is 0.196. The Hall–Kier alpha value is -1.58. The maximum atomic E-state index is 12.9. The number of hydrogen-bond donors (Lipinski definition) is 1. The molecular formula is C14H19FO3. The summed E-state index contributed by atoms with van der Waals surface area (Å²) in [6.07, 6.45) is 0.197. The Morgan fingerprint density at radius 2 is 2.06 bits per heavy atom. The van der Waals surface area contributed by atoms with Gasteiger partial charge in [-0.25, -0.2) is 4.39 Å². The van der Waals surface area contributed by atoms with Crippen molar-refractivity contribution in [1.29, 1.82) is 0 Å². The van der Waals surface area contributed by atoms with Crippen LogP contribution in [0.4, 0.5) is 4.39 Å². The van der Waals surface area contributed by atoms with Crippen molar-refractivity contribution in [1.82, 2.24) is 0 Å². The summed E-state index contributed by atoms with van der Waals surface area (Å²) >= 11 is 0. The lowest BCUT2D eigenvalue weighted by molar-refractivity contribution is -0.155. The van der Waals surface area contributed by atoms with E-state index in [4.69, 9.17) is 4.74 Å². The van der Waals surface area contributed by atoms with Crippen LogP contribution in [0, 0.1) is 5.82 Å². The fourth-order valence-corrected chi connectivity index (χ4v) is 1.59. The van der Waals surface area contributed by atoms with Crippen LogP contribution in [0.25, 0.3) is 0 Å². The van der Waals surface area contributed by atoms with Crippen LogP contribution in [0.15, 0.2) is 18.2 Å². The molecule has 0 aliphatic carbocycles. The lowest BCUT2D eigenvalue weighted by atomic mass is 9.97. The SMILES string of the molecule is C[C@@H](CC(=O)OC(C)(C)C)c1ccc(F)c(O)c1. The van der Waals surface area contributed by atoms with Crippen molar-refractivity contribution < 1.29 is 19.0 Å². The highest BCUT2D eigenvalue weighted by molar-refractivity contribution is 5.71. The van der Waals surface area contributed by atoms with E-state index in [-0.39, 0.29) is 18.3 Å². The molecule has 100 valence electrons. The van der Waals surface area contributed by atoms with E-state index < -0.39 is 17.2 Å². The predicted molar refractivity (Wildman–Crippen MR) is 66.9 cm³/mol. The highest BCUT2D eigenvalue weighted by Crippen LogP contribution is 2.25. The van der Waals surface area contributed by atoms with Crippen molar-refractivity contribution >= 4 is 5.97 Å². The van der Waals surface area contributed by atoms with Gasteiger partial charge < -0.3 is 9.84 Å². The monoisotopic (exact) mass is 254 g/mol.